The van der Waals surface area contributed by atoms with Crippen LogP contribution < -0.4 is 10.4 Å². The van der Waals surface area contributed by atoms with E-state index in [1.165, 1.54) is 15.6 Å². The van der Waals surface area contributed by atoms with Gasteiger partial charge in [-0.3, -0.25) is 4.57 Å². The number of carbonyl (C=O) groups is 1. The van der Waals surface area contributed by atoms with Crippen LogP contribution in [0.1, 0.15) is 37.5 Å². The van der Waals surface area contributed by atoms with E-state index in [0.717, 1.165) is 16.7 Å². The summed E-state index contributed by atoms with van der Waals surface area (Å²) in [6.07, 6.45) is 1.51. The summed E-state index contributed by atoms with van der Waals surface area (Å²) in [5.74, 6) is 0.213. The lowest BCUT2D eigenvalue weighted by molar-refractivity contribution is -0.158. The van der Waals surface area contributed by atoms with Gasteiger partial charge in [0.2, 0.25) is 0 Å². The number of aromatic nitrogens is 3. The molecule has 3 rings (SSSR count). The molecule has 31 heavy (non-hydrogen) atoms. The van der Waals surface area contributed by atoms with E-state index in [0.29, 0.717) is 29.6 Å². The molecular formula is C23H26ClN3O4. The van der Waals surface area contributed by atoms with Gasteiger partial charge in [-0.25, -0.2) is 9.59 Å². The molecule has 0 fully saturated rings. The molecule has 0 saturated heterocycles. The van der Waals surface area contributed by atoms with Crippen LogP contribution in [-0.2, 0) is 16.1 Å². The maximum absolute atomic E-state index is 12.8. The highest BCUT2D eigenvalue weighted by Gasteiger charge is 2.32. The van der Waals surface area contributed by atoms with Crippen LogP contribution in [0.2, 0.25) is 5.02 Å². The van der Waals surface area contributed by atoms with Crippen LogP contribution in [0.15, 0.2) is 47.5 Å². The number of esters is 1. The van der Waals surface area contributed by atoms with Crippen LogP contribution in [-0.4, -0.2) is 32.5 Å². The summed E-state index contributed by atoms with van der Waals surface area (Å²) in [6, 6.07) is 10.8. The summed E-state index contributed by atoms with van der Waals surface area (Å²) in [4.78, 5) is 24.9. The lowest BCUT2D eigenvalue weighted by Crippen LogP contribution is -2.40. The number of hydrogen-bond acceptors (Lipinski definition) is 5. The van der Waals surface area contributed by atoms with E-state index in [4.69, 9.17) is 21.1 Å². The van der Waals surface area contributed by atoms with Crippen molar-refractivity contribution in [2.75, 3.05) is 6.61 Å². The Labute approximate surface area is 186 Å². The summed E-state index contributed by atoms with van der Waals surface area (Å²) in [6.45, 7) is 9.60. The zero-order valence-electron chi connectivity index (χ0n) is 18.3. The number of rotatable bonds is 7. The van der Waals surface area contributed by atoms with E-state index in [2.05, 4.69) is 5.10 Å². The van der Waals surface area contributed by atoms with Crippen molar-refractivity contribution in [1.29, 1.82) is 0 Å². The maximum atomic E-state index is 12.8. The molecule has 0 aliphatic heterocycles. The number of halogens is 1. The van der Waals surface area contributed by atoms with Gasteiger partial charge in [0, 0.05) is 5.02 Å². The fourth-order valence-corrected chi connectivity index (χ4v) is 3.42. The summed E-state index contributed by atoms with van der Waals surface area (Å²) >= 11 is 5.92. The van der Waals surface area contributed by atoms with Crippen LogP contribution in [0.25, 0.3) is 5.69 Å². The molecule has 0 bridgehead atoms. The predicted molar refractivity (Wildman–Crippen MR) is 119 cm³/mol. The summed E-state index contributed by atoms with van der Waals surface area (Å²) in [7, 11) is 0. The Morgan fingerprint density at radius 1 is 1.13 bits per heavy atom. The third kappa shape index (κ3) is 4.99. The van der Waals surface area contributed by atoms with E-state index in [9.17, 15) is 9.59 Å². The number of nitrogens with zero attached hydrogens (tertiary/aromatic N) is 3. The topological polar surface area (TPSA) is 75.3 Å². The first kappa shape index (κ1) is 22.6. The maximum Gasteiger partial charge on any atom is 0.350 e. The largest absolute Gasteiger partial charge is 0.476 e. The van der Waals surface area contributed by atoms with Crippen LogP contribution in [0.4, 0.5) is 0 Å². The molecule has 3 aromatic rings. The molecule has 0 N–H and O–H groups in total. The van der Waals surface area contributed by atoms with Gasteiger partial charge in [-0.2, -0.15) is 9.78 Å². The highest BCUT2D eigenvalue weighted by atomic mass is 35.5. The quantitative estimate of drug-likeness (QED) is 0.514. The van der Waals surface area contributed by atoms with Crippen molar-refractivity contribution in [3.05, 3.63) is 74.9 Å². The zero-order chi connectivity index (χ0) is 22.8. The summed E-state index contributed by atoms with van der Waals surface area (Å²) in [5, 5.41) is 4.80. The van der Waals surface area contributed by atoms with Gasteiger partial charge in [-0.05, 0) is 75.6 Å². The van der Waals surface area contributed by atoms with Crippen molar-refractivity contribution in [3.8, 4) is 11.4 Å². The molecule has 0 unspecified atom stereocenters. The summed E-state index contributed by atoms with van der Waals surface area (Å²) < 4.78 is 14.0. The molecule has 7 nitrogen and oxygen atoms in total. The molecule has 1 heterocycles. The molecule has 0 amide bonds. The standard InChI is InChI=1S/C23H26ClN3O4/c1-6-30-21(28)23(4,5)31-20-15(2)11-17(12-16(20)3)13-26-14-25-27(22(26)29)19-9-7-18(24)8-10-19/h7-12,14H,6,13H2,1-5H3. The molecule has 2 aromatic carbocycles. The minimum atomic E-state index is -1.11. The highest BCUT2D eigenvalue weighted by molar-refractivity contribution is 6.30. The number of benzene rings is 2. The number of aryl methyl sites for hydroxylation is 2. The molecular weight excluding hydrogens is 418 g/mol. The van der Waals surface area contributed by atoms with Crippen molar-refractivity contribution < 1.29 is 14.3 Å². The van der Waals surface area contributed by atoms with Crippen molar-refractivity contribution >= 4 is 17.6 Å². The Hall–Kier alpha value is -3.06. The van der Waals surface area contributed by atoms with Crippen LogP contribution in [0.5, 0.6) is 5.75 Å². The summed E-state index contributed by atoms with van der Waals surface area (Å²) in [5.41, 5.74) is 1.95. The molecule has 0 aliphatic carbocycles. The first-order valence-corrected chi connectivity index (χ1v) is 10.4. The Morgan fingerprint density at radius 3 is 2.32 bits per heavy atom. The number of hydrogen-bond donors (Lipinski definition) is 0. The average molecular weight is 444 g/mol. The fraction of sp³-hybridized carbons (Fsp3) is 0.348. The molecule has 164 valence electrons. The number of ether oxygens (including phenoxy) is 2. The third-order valence-electron chi connectivity index (χ3n) is 4.80. The Balaban J connectivity index is 1.84. The second-order valence-electron chi connectivity index (χ2n) is 7.82. The first-order valence-electron chi connectivity index (χ1n) is 9.99. The van der Waals surface area contributed by atoms with Crippen LogP contribution >= 0.6 is 11.6 Å². The van der Waals surface area contributed by atoms with Gasteiger partial charge in [-0.15, -0.1) is 0 Å². The van der Waals surface area contributed by atoms with Crippen LogP contribution in [0.3, 0.4) is 0 Å². The van der Waals surface area contributed by atoms with Gasteiger partial charge in [0.1, 0.15) is 12.1 Å². The van der Waals surface area contributed by atoms with E-state index < -0.39 is 11.6 Å². The van der Waals surface area contributed by atoms with Crippen molar-refractivity contribution in [3.63, 3.8) is 0 Å². The van der Waals surface area contributed by atoms with Crippen molar-refractivity contribution in [2.45, 2.75) is 46.8 Å². The number of carbonyl (C=O) groups excluding carboxylic acids is 1. The van der Waals surface area contributed by atoms with Crippen molar-refractivity contribution in [2.24, 2.45) is 0 Å². The van der Waals surface area contributed by atoms with Crippen molar-refractivity contribution in [1.82, 2.24) is 14.3 Å². The second kappa shape index (κ2) is 8.98. The second-order valence-corrected chi connectivity index (χ2v) is 8.26. The van der Waals surface area contributed by atoms with Gasteiger partial charge < -0.3 is 9.47 Å². The minimum absolute atomic E-state index is 0.249. The SMILES string of the molecule is CCOC(=O)C(C)(C)Oc1c(C)cc(Cn2cnn(-c3ccc(Cl)cc3)c2=O)cc1C. The van der Waals surface area contributed by atoms with E-state index in [1.807, 2.05) is 26.0 Å². The molecule has 0 saturated carbocycles. The lowest BCUT2D eigenvalue weighted by Gasteiger charge is -2.26. The molecule has 1 aromatic heterocycles. The zero-order valence-corrected chi connectivity index (χ0v) is 19.1. The first-order chi connectivity index (χ1) is 14.6. The van der Waals surface area contributed by atoms with Gasteiger partial charge >= 0.3 is 11.7 Å². The molecule has 8 heteroatoms. The van der Waals surface area contributed by atoms with Gasteiger partial charge in [0.15, 0.2) is 5.60 Å². The van der Waals surface area contributed by atoms with Crippen LogP contribution in [0, 0.1) is 13.8 Å². The van der Waals surface area contributed by atoms with Gasteiger partial charge in [0.05, 0.1) is 18.8 Å². The third-order valence-corrected chi connectivity index (χ3v) is 5.05. The average Bonchev–Trinajstić information content (AvgIpc) is 3.06. The predicted octanol–water partition coefficient (Wildman–Crippen LogP) is 4.07. The normalized spacial score (nSPS) is 11.4. The van der Waals surface area contributed by atoms with E-state index >= 15 is 0 Å². The smallest absolute Gasteiger partial charge is 0.350 e. The van der Waals surface area contributed by atoms with Gasteiger partial charge in [0.25, 0.3) is 0 Å². The monoisotopic (exact) mass is 443 g/mol. The van der Waals surface area contributed by atoms with Gasteiger partial charge in [-0.1, -0.05) is 23.7 Å². The Bertz CT molecular complexity index is 1120. The lowest BCUT2D eigenvalue weighted by atomic mass is 10.0. The minimum Gasteiger partial charge on any atom is -0.476 e. The highest BCUT2D eigenvalue weighted by Crippen LogP contribution is 2.29. The molecule has 0 radical (unpaired) electrons. The Kier molecular flexibility index (Phi) is 6.55. The Morgan fingerprint density at radius 2 is 1.74 bits per heavy atom. The molecule has 0 atom stereocenters. The fourth-order valence-electron chi connectivity index (χ4n) is 3.29. The van der Waals surface area contributed by atoms with E-state index in [1.54, 1.807) is 45.0 Å². The molecule has 0 aliphatic rings. The van der Waals surface area contributed by atoms with E-state index in [-0.39, 0.29) is 5.69 Å². The molecule has 0 spiro atoms.